The van der Waals surface area contributed by atoms with Gasteiger partial charge in [0.25, 0.3) is 0 Å². The van der Waals surface area contributed by atoms with Gasteiger partial charge in [-0.3, -0.25) is 0 Å². The SMILES string of the molecule is CSC(C)CNC1CCCc2sc(I)cc21. The second-order valence-corrected chi connectivity index (χ2v) is 8.64. The third-order valence-electron chi connectivity index (χ3n) is 3.14. The van der Waals surface area contributed by atoms with Gasteiger partial charge in [-0.15, -0.1) is 11.3 Å². The first-order valence-electron chi connectivity index (χ1n) is 5.75. The maximum absolute atomic E-state index is 3.72. The van der Waals surface area contributed by atoms with E-state index in [4.69, 9.17) is 0 Å². The standard InChI is InChI=1S/C12H18INS2/c1-8(15-2)7-14-10-4-3-5-11-9(10)6-12(13)16-11/h6,8,10,14H,3-5,7H2,1-2H3. The molecule has 2 rings (SSSR count). The van der Waals surface area contributed by atoms with Crippen LogP contribution in [0.15, 0.2) is 6.07 Å². The highest BCUT2D eigenvalue weighted by Gasteiger charge is 2.22. The summed E-state index contributed by atoms with van der Waals surface area (Å²) in [5.74, 6) is 0. The molecule has 1 nitrogen and oxygen atoms in total. The van der Waals surface area contributed by atoms with Crippen LogP contribution in [-0.4, -0.2) is 18.1 Å². The first-order valence-corrected chi connectivity index (χ1v) is 8.93. The van der Waals surface area contributed by atoms with Gasteiger partial charge in [-0.1, -0.05) is 6.92 Å². The van der Waals surface area contributed by atoms with E-state index in [-0.39, 0.29) is 0 Å². The van der Waals surface area contributed by atoms with E-state index in [1.807, 2.05) is 23.1 Å². The number of hydrogen-bond donors (Lipinski definition) is 1. The van der Waals surface area contributed by atoms with Crippen molar-refractivity contribution in [2.75, 3.05) is 12.8 Å². The van der Waals surface area contributed by atoms with Crippen LogP contribution in [0.3, 0.4) is 0 Å². The van der Waals surface area contributed by atoms with Crippen molar-refractivity contribution in [1.82, 2.24) is 5.32 Å². The molecule has 1 aromatic rings. The van der Waals surface area contributed by atoms with Crippen molar-refractivity contribution in [3.63, 3.8) is 0 Å². The average Bonchev–Trinajstić information content (AvgIpc) is 2.66. The lowest BCUT2D eigenvalue weighted by Gasteiger charge is -2.25. The van der Waals surface area contributed by atoms with E-state index in [0.29, 0.717) is 11.3 Å². The van der Waals surface area contributed by atoms with Gasteiger partial charge >= 0.3 is 0 Å². The number of fused-ring (bicyclic) bond motifs is 1. The van der Waals surface area contributed by atoms with E-state index in [0.717, 1.165) is 6.54 Å². The molecule has 0 saturated heterocycles. The summed E-state index contributed by atoms with van der Waals surface area (Å²) in [6, 6.07) is 2.99. The number of rotatable bonds is 4. The Morgan fingerprint density at radius 3 is 3.25 bits per heavy atom. The van der Waals surface area contributed by atoms with Crippen LogP contribution >= 0.6 is 45.7 Å². The van der Waals surface area contributed by atoms with Gasteiger partial charge < -0.3 is 5.32 Å². The van der Waals surface area contributed by atoms with E-state index in [1.165, 1.54) is 22.1 Å². The molecule has 2 unspecified atom stereocenters. The molecular weight excluding hydrogens is 349 g/mol. The monoisotopic (exact) mass is 367 g/mol. The first kappa shape index (κ1) is 13.2. The van der Waals surface area contributed by atoms with Crippen LogP contribution in [0.4, 0.5) is 0 Å². The summed E-state index contributed by atoms with van der Waals surface area (Å²) < 4.78 is 1.44. The normalized spacial score (nSPS) is 21.8. The summed E-state index contributed by atoms with van der Waals surface area (Å²) in [6.07, 6.45) is 6.13. The Bertz CT molecular complexity index is 351. The van der Waals surface area contributed by atoms with Crippen LogP contribution in [0.5, 0.6) is 0 Å². The Morgan fingerprint density at radius 1 is 1.69 bits per heavy atom. The number of halogens is 1. The molecule has 0 spiro atoms. The lowest BCUT2D eigenvalue weighted by molar-refractivity contribution is 0.467. The minimum Gasteiger partial charge on any atom is -0.309 e. The predicted octanol–water partition coefficient (Wildman–Crippen LogP) is 4.07. The lowest BCUT2D eigenvalue weighted by Crippen LogP contribution is -2.29. The van der Waals surface area contributed by atoms with Gasteiger partial charge in [-0.2, -0.15) is 11.8 Å². The van der Waals surface area contributed by atoms with Crippen LogP contribution in [0.1, 0.15) is 36.2 Å². The molecule has 0 aromatic carbocycles. The Kier molecular flexibility index (Phi) is 5.00. The highest BCUT2D eigenvalue weighted by atomic mass is 127. The molecular formula is C12H18INS2. The van der Waals surface area contributed by atoms with Gasteiger partial charge in [-0.25, -0.2) is 0 Å². The molecule has 1 aliphatic carbocycles. The largest absolute Gasteiger partial charge is 0.309 e. The summed E-state index contributed by atoms with van der Waals surface area (Å²) in [5.41, 5.74) is 1.58. The van der Waals surface area contributed by atoms with Crippen LogP contribution in [0.2, 0.25) is 0 Å². The fraction of sp³-hybridized carbons (Fsp3) is 0.667. The van der Waals surface area contributed by atoms with Crippen LogP contribution in [0.25, 0.3) is 0 Å². The highest BCUT2D eigenvalue weighted by Crippen LogP contribution is 2.36. The topological polar surface area (TPSA) is 12.0 Å². The van der Waals surface area contributed by atoms with Gasteiger partial charge in [0.2, 0.25) is 0 Å². The van der Waals surface area contributed by atoms with Gasteiger partial charge in [0.15, 0.2) is 0 Å². The molecule has 1 heterocycles. The third-order valence-corrected chi connectivity index (χ3v) is 6.08. The summed E-state index contributed by atoms with van der Waals surface area (Å²) in [4.78, 5) is 1.62. The fourth-order valence-corrected chi connectivity index (χ4v) is 4.51. The Hall–Kier alpha value is 0.740. The number of aryl methyl sites for hydroxylation is 1. The smallest absolute Gasteiger partial charge is 0.0659 e. The minimum absolute atomic E-state index is 0.609. The van der Waals surface area contributed by atoms with Crippen molar-refractivity contribution in [1.29, 1.82) is 0 Å². The van der Waals surface area contributed by atoms with Gasteiger partial charge in [0.05, 0.1) is 2.88 Å². The Labute approximate surface area is 120 Å². The van der Waals surface area contributed by atoms with E-state index < -0.39 is 0 Å². The van der Waals surface area contributed by atoms with E-state index in [1.54, 1.807) is 10.4 Å². The molecule has 0 fully saturated rings. The minimum atomic E-state index is 0.609. The molecule has 0 bridgehead atoms. The van der Waals surface area contributed by atoms with Crippen molar-refractivity contribution in [2.24, 2.45) is 0 Å². The van der Waals surface area contributed by atoms with E-state index in [2.05, 4.69) is 47.2 Å². The molecule has 4 heteroatoms. The summed E-state index contributed by atoms with van der Waals surface area (Å²) in [5, 5.41) is 4.44. The summed E-state index contributed by atoms with van der Waals surface area (Å²) in [7, 11) is 0. The molecule has 0 saturated carbocycles. The van der Waals surface area contributed by atoms with Crippen molar-refractivity contribution < 1.29 is 0 Å². The van der Waals surface area contributed by atoms with Crippen molar-refractivity contribution in [2.45, 2.75) is 37.5 Å². The molecule has 1 aliphatic rings. The number of thiophene rings is 1. The van der Waals surface area contributed by atoms with Crippen LogP contribution in [0, 0.1) is 2.88 Å². The fourth-order valence-electron chi connectivity index (χ4n) is 2.12. The summed E-state index contributed by atoms with van der Waals surface area (Å²) >= 11 is 6.36. The third kappa shape index (κ3) is 3.15. The molecule has 0 radical (unpaired) electrons. The van der Waals surface area contributed by atoms with Crippen molar-refractivity contribution in [3.05, 3.63) is 19.4 Å². The quantitative estimate of drug-likeness (QED) is 0.806. The molecule has 90 valence electrons. The lowest BCUT2D eigenvalue weighted by atomic mass is 9.94. The highest BCUT2D eigenvalue weighted by molar-refractivity contribution is 14.1. The van der Waals surface area contributed by atoms with Gasteiger partial charge in [0, 0.05) is 22.7 Å². The zero-order valence-electron chi connectivity index (χ0n) is 9.75. The van der Waals surface area contributed by atoms with Crippen molar-refractivity contribution in [3.8, 4) is 0 Å². The molecule has 1 N–H and O–H groups in total. The van der Waals surface area contributed by atoms with Gasteiger partial charge in [-0.05, 0) is 59.7 Å². The Balaban J connectivity index is 2.01. The molecule has 1 aromatic heterocycles. The van der Waals surface area contributed by atoms with E-state index in [9.17, 15) is 0 Å². The number of hydrogen-bond acceptors (Lipinski definition) is 3. The second-order valence-electron chi connectivity index (χ2n) is 4.33. The van der Waals surface area contributed by atoms with Crippen molar-refractivity contribution >= 4 is 45.7 Å². The van der Waals surface area contributed by atoms with Gasteiger partial charge in [0.1, 0.15) is 0 Å². The molecule has 2 atom stereocenters. The molecule has 0 aliphatic heterocycles. The zero-order chi connectivity index (χ0) is 11.5. The number of thioether (sulfide) groups is 1. The maximum atomic E-state index is 3.72. The zero-order valence-corrected chi connectivity index (χ0v) is 13.5. The maximum Gasteiger partial charge on any atom is 0.0659 e. The van der Waals surface area contributed by atoms with Crippen LogP contribution < -0.4 is 5.32 Å². The van der Waals surface area contributed by atoms with E-state index >= 15 is 0 Å². The summed E-state index contributed by atoms with van der Waals surface area (Å²) in [6.45, 7) is 3.41. The molecule has 0 amide bonds. The first-order chi connectivity index (χ1) is 7.70. The number of nitrogens with one attached hydrogen (secondary N) is 1. The predicted molar refractivity (Wildman–Crippen MR) is 83.7 cm³/mol. The van der Waals surface area contributed by atoms with Crippen LogP contribution in [-0.2, 0) is 6.42 Å². The second kappa shape index (κ2) is 6.07. The molecule has 16 heavy (non-hydrogen) atoms. The Morgan fingerprint density at radius 2 is 2.50 bits per heavy atom. The average molecular weight is 367 g/mol.